The summed E-state index contributed by atoms with van der Waals surface area (Å²) in [4.78, 5) is 4.73. The van der Waals surface area contributed by atoms with Gasteiger partial charge in [-0.05, 0) is 40.7 Å². The molecule has 1 heterocycles. The van der Waals surface area contributed by atoms with Gasteiger partial charge in [-0.1, -0.05) is 42.5 Å². The number of methoxy groups -OCH3 is 2. The quantitative estimate of drug-likeness (QED) is 0.617. The second-order valence-electron chi connectivity index (χ2n) is 7.40. The van der Waals surface area contributed by atoms with Gasteiger partial charge >= 0.3 is 0 Å². The lowest BCUT2D eigenvalue weighted by Gasteiger charge is -2.36. The predicted molar refractivity (Wildman–Crippen MR) is 127 cm³/mol. The van der Waals surface area contributed by atoms with Gasteiger partial charge in [0.15, 0.2) is 16.6 Å². The smallest absolute Gasteiger partial charge is 0.173 e. The van der Waals surface area contributed by atoms with Crippen LogP contribution in [0.1, 0.15) is 5.56 Å². The highest BCUT2D eigenvalue weighted by Gasteiger charge is 2.20. The molecular formula is C24H27N3O2S. The Balaban J connectivity index is 1.34. The largest absolute Gasteiger partial charge is 0.493 e. The number of thiocarbonyl (C=S) groups is 1. The third-order valence-electron chi connectivity index (χ3n) is 5.57. The van der Waals surface area contributed by atoms with Gasteiger partial charge < -0.3 is 19.7 Å². The monoisotopic (exact) mass is 421 g/mol. The van der Waals surface area contributed by atoms with Crippen molar-refractivity contribution in [3.63, 3.8) is 0 Å². The van der Waals surface area contributed by atoms with E-state index in [-0.39, 0.29) is 0 Å². The van der Waals surface area contributed by atoms with Crippen LogP contribution in [0.15, 0.2) is 60.7 Å². The van der Waals surface area contributed by atoms with E-state index in [0.29, 0.717) is 11.5 Å². The summed E-state index contributed by atoms with van der Waals surface area (Å²) in [5, 5.41) is 6.71. The van der Waals surface area contributed by atoms with Crippen molar-refractivity contribution in [3.05, 3.63) is 66.2 Å². The zero-order valence-electron chi connectivity index (χ0n) is 17.4. The summed E-state index contributed by atoms with van der Waals surface area (Å²) in [5.74, 6) is 1.39. The van der Waals surface area contributed by atoms with E-state index < -0.39 is 0 Å². The highest BCUT2D eigenvalue weighted by atomic mass is 32.1. The average molecular weight is 422 g/mol. The minimum absolute atomic E-state index is 0.685. The zero-order chi connectivity index (χ0) is 20.9. The van der Waals surface area contributed by atoms with Crippen molar-refractivity contribution in [1.29, 1.82) is 0 Å². The van der Waals surface area contributed by atoms with Gasteiger partial charge in [0.25, 0.3) is 0 Å². The van der Waals surface area contributed by atoms with Gasteiger partial charge in [-0.3, -0.25) is 4.90 Å². The van der Waals surface area contributed by atoms with E-state index in [1.54, 1.807) is 14.2 Å². The lowest BCUT2D eigenvalue weighted by molar-refractivity contribution is 0.177. The van der Waals surface area contributed by atoms with E-state index in [1.165, 1.54) is 16.3 Å². The minimum atomic E-state index is 0.685. The number of hydrogen-bond donors (Lipinski definition) is 1. The Morgan fingerprint density at radius 2 is 1.63 bits per heavy atom. The van der Waals surface area contributed by atoms with Crippen LogP contribution in [0, 0.1) is 0 Å². The number of hydrogen-bond acceptors (Lipinski definition) is 4. The number of ether oxygens (including phenoxy) is 2. The van der Waals surface area contributed by atoms with Gasteiger partial charge in [0, 0.05) is 44.5 Å². The molecule has 0 aromatic heterocycles. The molecule has 0 amide bonds. The Morgan fingerprint density at radius 3 is 2.40 bits per heavy atom. The van der Waals surface area contributed by atoms with Crippen LogP contribution in [0.25, 0.3) is 10.8 Å². The first kappa shape index (κ1) is 20.4. The van der Waals surface area contributed by atoms with Crippen molar-refractivity contribution in [2.24, 2.45) is 0 Å². The van der Waals surface area contributed by atoms with Crippen LogP contribution in [0.3, 0.4) is 0 Å². The molecule has 30 heavy (non-hydrogen) atoms. The summed E-state index contributed by atoms with van der Waals surface area (Å²) in [7, 11) is 3.27. The van der Waals surface area contributed by atoms with Crippen LogP contribution in [0.5, 0.6) is 11.5 Å². The van der Waals surface area contributed by atoms with Gasteiger partial charge in [-0.15, -0.1) is 0 Å². The maximum Gasteiger partial charge on any atom is 0.173 e. The summed E-state index contributed by atoms with van der Waals surface area (Å²) in [6, 6.07) is 20.9. The fourth-order valence-electron chi connectivity index (χ4n) is 3.90. The first-order valence-electron chi connectivity index (χ1n) is 10.1. The van der Waals surface area contributed by atoms with Crippen LogP contribution in [-0.4, -0.2) is 55.3 Å². The molecule has 3 aromatic rings. The lowest BCUT2D eigenvalue weighted by atomic mass is 10.0. The molecule has 1 fully saturated rings. The van der Waals surface area contributed by atoms with Crippen LogP contribution < -0.4 is 14.8 Å². The third kappa shape index (κ3) is 4.50. The number of fused-ring (bicyclic) bond motifs is 1. The van der Waals surface area contributed by atoms with E-state index >= 15 is 0 Å². The maximum absolute atomic E-state index is 5.65. The van der Waals surface area contributed by atoms with Crippen molar-refractivity contribution < 1.29 is 9.47 Å². The molecule has 0 radical (unpaired) electrons. The molecule has 0 atom stereocenters. The number of rotatable bonds is 5. The fraction of sp³-hybridized carbons (Fsp3) is 0.292. The van der Waals surface area contributed by atoms with E-state index in [2.05, 4.69) is 57.6 Å². The topological polar surface area (TPSA) is 37.0 Å². The number of anilines is 1. The predicted octanol–water partition coefficient (Wildman–Crippen LogP) is 4.37. The summed E-state index contributed by atoms with van der Waals surface area (Å²) in [6.45, 7) is 4.74. The normalized spacial score (nSPS) is 14.5. The minimum Gasteiger partial charge on any atom is -0.493 e. The van der Waals surface area contributed by atoms with Gasteiger partial charge in [-0.25, -0.2) is 0 Å². The number of nitrogens with one attached hydrogen (secondary N) is 1. The summed E-state index contributed by atoms with van der Waals surface area (Å²) in [5.41, 5.74) is 2.28. The van der Waals surface area contributed by atoms with Gasteiger partial charge in [0.2, 0.25) is 0 Å². The molecule has 0 aliphatic carbocycles. The van der Waals surface area contributed by atoms with Crippen molar-refractivity contribution in [2.45, 2.75) is 6.54 Å². The van der Waals surface area contributed by atoms with E-state index in [4.69, 9.17) is 21.7 Å². The van der Waals surface area contributed by atoms with Crippen molar-refractivity contribution >= 4 is 33.8 Å². The van der Waals surface area contributed by atoms with Crippen LogP contribution in [0.4, 0.5) is 5.69 Å². The molecule has 0 unspecified atom stereocenters. The molecule has 6 heteroatoms. The maximum atomic E-state index is 5.65. The Kier molecular flexibility index (Phi) is 6.35. The van der Waals surface area contributed by atoms with Crippen molar-refractivity contribution in [1.82, 2.24) is 9.80 Å². The molecule has 156 valence electrons. The Hall–Kier alpha value is -2.83. The number of piperazine rings is 1. The Labute approximate surface area is 183 Å². The van der Waals surface area contributed by atoms with E-state index in [0.717, 1.165) is 43.5 Å². The Morgan fingerprint density at radius 1 is 0.900 bits per heavy atom. The van der Waals surface area contributed by atoms with Crippen LogP contribution >= 0.6 is 12.2 Å². The molecule has 0 bridgehead atoms. The van der Waals surface area contributed by atoms with Crippen LogP contribution in [0.2, 0.25) is 0 Å². The summed E-state index contributed by atoms with van der Waals surface area (Å²) in [6.07, 6.45) is 0. The highest BCUT2D eigenvalue weighted by Crippen LogP contribution is 2.30. The summed E-state index contributed by atoms with van der Waals surface area (Å²) < 4.78 is 10.7. The molecule has 3 aromatic carbocycles. The SMILES string of the molecule is COc1ccc(NC(=S)N2CCN(Cc3cccc4ccccc34)CC2)cc1OC. The third-order valence-corrected chi connectivity index (χ3v) is 5.93. The van der Waals surface area contributed by atoms with Crippen molar-refractivity contribution in [3.8, 4) is 11.5 Å². The van der Waals surface area contributed by atoms with Gasteiger partial charge in [0.1, 0.15) is 0 Å². The number of benzene rings is 3. The molecule has 1 saturated heterocycles. The average Bonchev–Trinajstić information content (AvgIpc) is 2.79. The molecule has 1 aliphatic rings. The van der Waals surface area contributed by atoms with Gasteiger partial charge in [-0.2, -0.15) is 0 Å². The van der Waals surface area contributed by atoms with E-state index in [9.17, 15) is 0 Å². The molecular weight excluding hydrogens is 394 g/mol. The molecule has 4 rings (SSSR count). The van der Waals surface area contributed by atoms with Gasteiger partial charge in [0.05, 0.1) is 14.2 Å². The van der Waals surface area contributed by atoms with E-state index in [1.807, 2.05) is 18.2 Å². The highest BCUT2D eigenvalue weighted by molar-refractivity contribution is 7.80. The second kappa shape index (κ2) is 9.32. The standard InChI is InChI=1S/C24H27N3O2S/c1-28-22-11-10-20(16-23(22)29-2)25-24(30)27-14-12-26(13-15-27)17-19-8-5-7-18-6-3-4-9-21(18)19/h3-11,16H,12-15,17H2,1-2H3,(H,25,30). The fourth-order valence-corrected chi connectivity index (χ4v) is 4.20. The lowest BCUT2D eigenvalue weighted by Crippen LogP contribution is -2.49. The Bertz CT molecular complexity index is 1030. The molecule has 1 N–H and O–H groups in total. The zero-order valence-corrected chi connectivity index (χ0v) is 18.2. The molecule has 0 saturated carbocycles. The summed E-state index contributed by atoms with van der Waals surface area (Å²) >= 11 is 5.65. The molecule has 0 spiro atoms. The second-order valence-corrected chi connectivity index (χ2v) is 7.79. The van der Waals surface area contributed by atoms with Crippen LogP contribution in [-0.2, 0) is 6.54 Å². The molecule has 1 aliphatic heterocycles. The first-order valence-corrected chi connectivity index (χ1v) is 10.6. The number of nitrogens with zero attached hydrogens (tertiary/aromatic N) is 2. The first-order chi connectivity index (χ1) is 14.7. The molecule has 5 nitrogen and oxygen atoms in total. The van der Waals surface area contributed by atoms with Crippen molar-refractivity contribution in [2.75, 3.05) is 45.7 Å².